The van der Waals surface area contributed by atoms with Crippen molar-refractivity contribution in [3.05, 3.63) is 53.6 Å². The first-order valence-corrected chi connectivity index (χ1v) is 13.7. The van der Waals surface area contributed by atoms with E-state index in [0.29, 0.717) is 11.1 Å². The molecule has 0 aromatic heterocycles. The lowest BCUT2D eigenvalue weighted by atomic mass is 9.98. The maximum atomic E-state index is 12.7. The molecule has 0 unspecified atom stereocenters. The molecule has 0 radical (unpaired) electrons. The molecule has 9 N–H and O–H groups in total. The van der Waals surface area contributed by atoms with Crippen LogP contribution in [-0.2, 0) is 34.9 Å². The van der Waals surface area contributed by atoms with E-state index in [2.05, 4.69) is 0 Å². The summed E-state index contributed by atoms with van der Waals surface area (Å²) in [5.74, 6) is -2.37. The summed E-state index contributed by atoms with van der Waals surface area (Å²) in [5.41, 5.74) is 0.927. The average molecular weight is 625 g/mol. The van der Waals surface area contributed by atoms with Gasteiger partial charge < -0.3 is 69.6 Å². The lowest BCUT2D eigenvalue weighted by Gasteiger charge is -2.43. The summed E-state index contributed by atoms with van der Waals surface area (Å²) < 4.78 is 27.8. The summed E-state index contributed by atoms with van der Waals surface area (Å²) in [5, 5.41) is 90.3. The highest BCUT2D eigenvalue weighted by atomic mass is 16.7. The molecule has 2 fully saturated rings. The molecule has 2 aromatic carbocycles. The Morgan fingerprint density at radius 2 is 1.41 bits per heavy atom. The molecule has 0 spiro atoms. The monoisotopic (exact) mass is 624 g/mol. The van der Waals surface area contributed by atoms with Gasteiger partial charge in [0.25, 0.3) is 0 Å². The summed E-state index contributed by atoms with van der Waals surface area (Å²) in [6.45, 7) is 0.890. The number of benzene rings is 2. The molecule has 0 amide bonds. The van der Waals surface area contributed by atoms with Crippen LogP contribution in [0.5, 0.6) is 23.0 Å². The molecule has 0 saturated carbocycles. The fourth-order valence-electron chi connectivity index (χ4n) is 4.66. The summed E-state index contributed by atoms with van der Waals surface area (Å²) in [7, 11) is 0. The number of ether oxygens (including phenoxy) is 5. The molecule has 15 heteroatoms. The first-order chi connectivity index (χ1) is 20.8. The van der Waals surface area contributed by atoms with Crippen molar-refractivity contribution in [1.29, 1.82) is 0 Å². The van der Waals surface area contributed by atoms with Crippen LogP contribution in [0.2, 0.25) is 0 Å². The standard InChI is InChI=1S/C29H36O15/c1-13-22(35)23(36)25(38)29(42-13)41-12-20-27(44-21(34)7-4-14-2-5-16(30)18(32)10-14)24(37)26(39)28(43-20)40-9-8-15-3-6-17(31)19(33)11-15/h2-7,10-11,13,20,22-33,35-39H,8-9,12H2,1H3/b7-4+/t13-,20+,22+,23-,24-,25-,26-,27+,28-,29-/m1/s1. The minimum atomic E-state index is -1.75. The molecule has 0 bridgehead atoms. The van der Waals surface area contributed by atoms with Crippen molar-refractivity contribution in [3.8, 4) is 23.0 Å². The summed E-state index contributed by atoms with van der Waals surface area (Å²) in [4.78, 5) is 12.7. The van der Waals surface area contributed by atoms with Crippen molar-refractivity contribution in [2.45, 2.75) is 74.8 Å². The zero-order valence-electron chi connectivity index (χ0n) is 23.5. The first-order valence-electron chi connectivity index (χ1n) is 13.7. The van der Waals surface area contributed by atoms with Crippen molar-refractivity contribution >= 4 is 12.0 Å². The van der Waals surface area contributed by atoms with Crippen LogP contribution in [0.25, 0.3) is 6.08 Å². The molecule has 2 aromatic rings. The number of aliphatic hydroxyl groups is 5. The predicted octanol–water partition coefficient (Wildman–Crippen LogP) is -1.02. The topological polar surface area (TPSA) is 245 Å². The van der Waals surface area contributed by atoms with E-state index in [1.807, 2.05) is 0 Å². The Kier molecular flexibility index (Phi) is 11.0. The van der Waals surface area contributed by atoms with Gasteiger partial charge in [-0.1, -0.05) is 12.1 Å². The van der Waals surface area contributed by atoms with Crippen LogP contribution < -0.4 is 0 Å². The number of esters is 1. The summed E-state index contributed by atoms with van der Waals surface area (Å²) in [6, 6.07) is 8.00. The Hall–Kier alpha value is -3.51. The van der Waals surface area contributed by atoms with E-state index in [1.165, 1.54) is 43.3 Å². The van der Waals surface area contributed by atoms with Crippen molar-refractivity contribution in [2.75, 3.05) is 13.2 Å². The number of rotatable bonds is 10. The highest BCUT2D eigenvalue weighted by molar-refractivity contribution is 5.87. The normalized spacial score (nSPS) is 32.5. The number of carbonyl (C=O) groups is 1. The fraction of sp³-hybridized carbons (Fsp3) is 0.483. The van der Waals surface area contributed by atoms with Gasteiger partial charge >= 0.3 is 5.97 Å². The fourth-order valence-corrected chi connectivity index (χ4v) is 4.66. The first kappa shape index (κ1) is 33.4. The number of phenolic OH excluding ortho intramolecular Hbond substituents is 4. The van der Waals surface area contributed by atoms with Crippen LogP contribution in [0.4, 0.5) is 0 Å². The van der Waals surface area contributed by atoms with E-state index in [1.54, 1.807) is 6.07 Å². The quantitative estimate of drug-likeness (QED) is 0.0873. The summed E-state index contributed by atoms with van der Waals surface area (Å²) >= 11 is 0. The second-order valence-corrected chi connectivity index (χ2v) is 10.5. The molecule has 2 aliphatic rings. The molecule has 44 heavy (non-hydrogen) atoms. The summed E-state index contributed by atoms with van der Waals surface area (Å²) in [6.07, 6.45) is -12.2. The zero-order valence-corrected chi connectivity index (χ0v) is 23.5. The molecule has 2 saturated heterocycles. The van der Waals surface area contributed by atoms with E-state index >= 15 is 0 Å². The number of hydrogen-bond donors (Lipinski definition) is 9. The largest absolute Gasteiger partial charge is 0.504 e. The Bertz CT molecular complexity index is 1300. The van der Waals surface area contributed by atoms with Crippen molar-refractivity contribution < 1.29 is 74.4 Å². The van der Waals surface area contributed by atoms with Gasteiger partial charge in [-0.3, -0.25) is 0 Å². The van der Waals surface area contributed by atoms with Gasteiger partial charge in [-0.05, 0) is 54.8 Å². The van der Waals surface area contributed by atoms with E-state index in [-0.39, 0.29) is 30.3 Å². The lowest BCUT2D eigenvalue weighted by molar-refractivity contribution is -0.328. The van der Waals surface area contributed by atoms with Gasteiger partial charge in [-0.2, -0.15) is 0 Å². The van der Waals surface area contributed by atoms with Gasteiger partial charge in [0.15, 0.2) is 41.7 Å². The smallest absolute Gasteiger partial charge is 0.331 e. The minimum Gasteiger partial charge on any atom is -0.504 e. The van der Waals surface area contributed by atoms with Crippen LogP contribution in [-0.4, -0.2) is 127 Å². The second-order valence-electron chi connectivity index (χ2n) is 10.5. The van der Waals surface area contributed by atoms with Gasteiger partial charge in [-0.25, -0.2) is 4.79 Å². The molecule has 2 aliphatic heterocycles. The van der Waals surface area contributed by atoms with Gasteiger partial charge in [-0.15, -0.1) is 0 Å². The molecular weight excluding hydrogens is 588 g/mol. The third-order valence-corrected chi connectivity index (χ3v) is 7.25. The number of carbonyl (C=O) groups excluding carboxylic acids is 1. The Labute approximate surface area is 251 Å². The van der Waals surface area contributed by atoms with Crippen LogP contribution in [0.1, 0.15) is 18.1 Å². The lowest BCUT2D eigenvalue weighted by Crippen LogP contribution is -2.62. The molecule has 2 heterocycles. The van der Waals surface area contributed by atoms with Gasteiger partial charge in [0.1, 0.15) is 36.6 Å². The van der Waals surface area contributed by atoms with E-state index in [0.717, 1.165) is 6.08 Å². The number of hydrogen-bond acceptors (Lipinski definition) is 15. The third kappa shape index (κ3) is 7.95. The minimum absolute atomic E-state index is 0.0645. The van der Waals surface area contributed by atoms with Crippen LogP contribution in [0.15, 0.2) is 42.5 Å². The van der Waals surface area contributed by atoms with E-state index in [4.69, 9.17) is 23.7 Å². The van der Waals surface area contributed by atoms with E-state index < -0.39 is 79.7 Å². The molecule has 4 rings (SSSR count). The molecule has 242 valence electrons. The highest BCUT2D eigenvalue weighted by Gasteiger charge is 2.49. The Morgan fingerprint density at radius 1 is 0.773 bits per heavy atom. The van der Waals surface area contributed by atoms with Crippen molar-refractivity contribution in [3.63, 3.8) is 0 Å². The molecule has 0 aliphatic carbocycles. The Morgan fingerprint density at radius 3 is 2.09 bits per heavy atom. The van der Waals surface area contributed by atoms with Gasteiger partial charge in [0.2, 0.25) is 0 Å². The number of aliphatic hydroxyl groups excluding tert-OH is 5. The highest BCUT2D eigenvalue weighted by Crippen LogP contribution is 2.29. The van der Waals surface area contributed by atoms with E-state index in [9.17, 15) is 50.8 Å². The zero-order chi connectivity index (χ0) is 32.1. The molecule has 10 atom stereocenters. The maximum Gasteiger partial charge on any atom is 0.331 e. The van der Waals surface area contributed by atoms with Gasteiger partial charge in [0.05, 0.1) is 19.3 Å². The molecular formula is C29H36O15. The molecule has 15 nitrogen and oxygen atoms in total. The van der Waals surface area contributed by atoms with Crippen LogP contribution in [0, 0.1) is 0 Å². The number of aromatic hydroxyl groups is 4. The second kappa shape index (κ2) is 14.5. The average Bonchev–Trinajstić information content (AvgIpc) is 2.99. The van der Waals surface area contributed by atoms with Crippen LogP contribution >= 0.6 is 0 Å². The van der Waals surface area contributed by atoms with Crippen LogP contribution in [0.3, 0.4) is 0 Å². The third-order valence-electron chi connectivity index (χ3n) is 7.25. The SMILES string of the molecule is C[C@H]1O[C@@H](OC[C@@H]2O[C@@H](OCCc3ccc(O)c(O)c3)[C@H](O)[C@@H](O)[C@H]2OC(=O)/C=C/c2ccc(O)c(O)c2)[C@H](O)[C@H](O)[C@H]1O. The van der Waals surface area contributed by atoms with Crippen molar-refractivity contribution in [1.82, 2.24) is 0 Å². The maximum absolute atomic E-state index is 12.7. The van der Waals surface area contributed by atoms with Crippen molar-refractivity contribution in [2.24, 2.45) is 0 Å². The van der Waals surface area contributed by atoms with Gasteiger partial charge in [0, 0.05) is 6.08 Å². The number of phenols is 4. The predicted molar refractivity (Wildman–Crippen MR) is 147 cm³/mol. The Balaban J connectivity index is 1.45.